The second kappa shape index (κ2) is 6.69. The Labute approximate surface area is 177 Å². The van der Waals surface area contributed by atoms with E-state index in [0.29, 0.717) is 17.8 Å². The van der Waals surface area contributed by atoms with Crippen LogP contribution in [0.5, 0.6) is 0 Å². The van der Waals surface area contributed by atoms with Gasteiger partial charge in [-0.05, 0) is 32.1 Å². The highest BCUT2D eigenvalue weighted by Crippen LogP contribution is 2.45. The molecule has 30 heavy (non-hydrogen) atoms. The maximum absolute atomic E-state index is 5.07. The minimum atomic E-state index is 0.140. The fourth-order valence-electron chi connectivity index (χ4n) is 4.41. The summed E-state index contributed by atoms with van der Waals surface area (Å²) in [5.41, 5.74) is 2.63. The third-order valence-corrected chi connectivity index (χ3v) is 6.91. The SMILES string of the molecule is CCC1c2nncn2-c2cnc(-c3cn[nH]c3-c3nccs3)nc2N1C(C)C1CC1. The van der Waals surface area contributed by atoms with E-state index in [1.54, 1.807) is 30.1 Å². The molecule has 0 aromatic carbocycles. The number of hydrogen-bond acceptors (Lipinski definition) is 8. The van der Waals surface area contributed by atoms with E-state index in [9.17, 15) is 0 Å². The Kier molecular flexibility index (Phi) is 3.95. The number of fused-ring (bicyclic) bond motifs is 3. The number of aromatic amines is 1. The van der Waals surface area contributed by atoms with Gasteiger partial charge in [0, 0.05) is 17.6 Å². The van der Waals surface area contributed by atoms with Crippen LogP contribution in [0.25, 0.3) is 27.8 Å². The normalized spacial score (nSPS) is 18.9. The lowest BCUT2D eigenvalue weighted by Crippen LogP contribution is -2.42. The predicted octanol–water partition coefficient (Wildman–Crippen LogP) is 3.64. The lowest BCUT2D eigenvalue weighted by molar-refractivity contribution is 0.454. The Morgan fingerprint density at radius 2 is 2.17 bits per heavy atom. The summed E-state index contributed by atoms with van der Waals surface area (Å²) in [6.45, 7) is 4.50. The number of nitrogens with one attached hydrogen (secondary N) is 1. The van der Waals surface area contributed by atoms with Crippen molar-refractivity contribution in [3.05, 3.63) is 36.1 Å². The molecule has 10 heteroatoms. The number of H-pyrrole nitrogens is 1. The third kappa shape index (κ3) is 2.59. The van der Waals surface area contributed by atoms with Crippen LogP contribution in [0.4, 0.5) is 5.82 Å². The highest BCUT2D eigenvalue weighted by molar-refractivity contribution is 7.13. The zero-order valence-corrected chi connectivity index (χ0v) is 17.5. The minimum Gasteiger partial charge on any atom is -0.341 e. The van der Waals surface area contributed by atoms with Crippen molar-refractivity contribution in [1.29, 1.82) is 0 Å². The maximum Gasteiger partial charge on any atom is 0.165 e. The summed E-state index contributed by atoms with van der Waals surface area (Å²) in [7, 11) is 0. The predicted molar refractivity (Wildman–Crippen MR) is 113 cm³/mol. The van der Waals surface area contributed by atoms with Crippen molar-refractivity contribution in [2.24, 2.45) is 5.92 Å². The zero-order valence-electron chi connectivity index (χ0n) is 16.7. The van der Waals surface area contributed by atoms with Crippen LogP contribution >= 0.6 is 11.3 Å². The molecule has 0 amide bonds. The van der Waals surface area contributed by atoms with Gasteiger partial charge in [-0.15, -0.1) is 21.5 Å². The summed E-state index contributed by atoms with van der Waals surface area (Å²) in [5, 5.41) is 18.7. The van der Waals surface area contributed by atoms with E-state index in [0.717, 1.165) is 40.0 Å². The van der Waals surface area contributed by atoms with Crippen molar-refractivity contribution >= 4 is 17.2 Å². The third-order valence-electron chi connectivity index (χ3n) is 6.12. The number of rotatable bonds is 5. The highest BCUT2D eigenvalue weighted by Gasteiger charge is 2.41. The second-order valence-electron chi connectivity index (χ2n) is 7.87. The number of nitrogens with zero attached hydrogens (tertiary/aromatic N) is 8. The van der Waals surface area contributed by atoms with Gasteiger partial charge in [0.25, 0.3) is 0 Å². The van der Waals surface area contributed by atoms with Crippen LogP contribution in [-0.2, 0) is 0 Å². The largest absolute Gasteiger partial charge is 0.341 e. The van der Waals surface area contributed by atoms with E-state index < -0.39 is 0 Å². The fourth-order valence-corrected chi connectivity index (χ4v) is 5.06. The first kappa shape index (κ1) is 17.7. The van der Waals surface area contributed by atoms with Crippen LogP contribution in [0.1, 0.15) is 45.0 Å². The van der Waals surface area contributed by atoms with E-state index >= 15 is 0 Å². The molecule has 1 saturated carbocycles. The molecule has 4 aromatic rings. The van der Waals surface area contributed by atoms with Gasteiger partial charge in [0.05, 0.1) is 24.0 Å². The molecule has 2 unspecified atom stereocenters. The zero-order chi connectivity index (χ0) is 20.2. The number of hydrogen-bond donors (Lipinski definition) is 1. The second-order valence-corrected chi connectivity index (χ2v) is 8.76. The molecule has 152 valence electrons. The number of thiazole rings is 1. The summed E-state index contributed by atoms with van der Waals surface area (Å²) in [6, 6.07) is 0.519. The summed E-state index contributed by atoms with van der Waals surface area (Å²) in [4.78, 5) is 16.6. The van der Waals surface area contributed by atoms with Gasteiger partial charge in [-0.3, -0.25) is 9.67 Å². The molecule has 5 heterocycles. The summed E-state index contributed by atoms with van der Waals surface area (Å²) in [6.07, 6.45) is 10.7. The van der Waals surface area contributed by atoms with Crippen molar-refractivity contribution in [1.82, 2.24) is 39.9 Å². The molecule has 0 saturated heterocycles. The first-order valence-corrected chi connectivity index (χ1v) is 11.1. The van der Waals surface area contributed by atoms with E-state index in [4.69, 9.17) is 9.97 Å². The lowest BCUT2D eigenvalue weighted by atomic mass is 10.0. The Bertz CT molecular complexity index is 1190. The molecular weight excluding hydrogens is 398 g/mol. The molecule has 1 aliphatic heterocycles. The van der Waals surface area contributed by atoms with Crippen molar-refractivity contribution in [3.8, 4) is 27.8 Å². The van der Waals surface area contributed by atoms with E-state index in [2.05, 4.69) is 44.1 Å². The molecule has 1 aliphatic carbocycles. The van der Waals surface area contributed by atoms with Crippen LogP contribution in [0.3, 0.4) is 0 Å². The Morgan fingerprint density at radius 1 is 1.27 bits per heavy atom. The van der Waals surface area contributed by atoms with Gasteiger partial charge in [0.1, 0.15) is 22.7 Å². The summed E-state index contributed by atoms with van der Waals surface area (Å²) < 4.78 is 2.03. The van der Waals surface area contributed by atoms with Crippen molar-refractivity contribution < 1.29 is 0 Å². The molecular formula is C20H21N9S. The number of anilines is 1. The van der Waals surface area contributed by atoms with E-state index in [-0.39, 0.29) is 6.04 Å². The molecule has 1 N–H and O–H groups in total. The van der Waals surface area contributed by atoms with Crippen LogP contribution in [0.15, 0.2) is 30.3 Å². The van der Waals surface area contributed by atoms with E-state index in [1.165, 1.54) is 12.8 Å². The Hall–Kier alpha value is -3.14. The first-order chi connectivity index (χ1) is 14.8. The molecule has 2 atom stereocenters. The van der Waals surface area contributed by atoms with Gasteiger partial charge in [-0.25, -0.2) is 15.0 Å². The molecule has 9 nitrogen and oxygen atoms in total. The van der Waals surface area contributed by atoms with Gasteiger partial charge in [-0.2, -0.15) is 5.10 Å². The fraction of sp³-hybridized carbons (Fsp3) is 0.400. The van der Waals surface area contributed by atoms with Crippen molar-refractivity contribution in [3.63, 3.8) is 0 Å². The molecule has 6 rings (SSSR count). The van der Waals surface area contributed by atoms with Crippen LogP contribution in [0, 0.1) is 5.92 Å². The van der Waals surface area contributed by atoms with E-state index in [1.807, 2.05) is 16.1 Å². The first-order valence-electron chi connectivity index (χ1n) is 10.3. The van der Waals surface area contributed by atoms with Gasteiger partial charge in [0.15, 0.2) is 17.5 Å². The van der Waals surface area contributed by atoms with Crippen LogP contribution in [0.2, 0.25) is 0 Å². The molecule has 0 bridgehead atoms. The van der Waals surface area contributed by atoms with Crippen molar-refractivity contribution in [2.45, 2.75) is 45.2 Å². The van der Waals surface area contributed by atoms with Gasteiger partial charge in [-0.1, -0.05) is 6.92 Å². The molecule has 2 aliphatic rings. The van der Waals surface area contributed by atoms with Crippen LogP contribution in [-0.4, -0.2) is 46.0 Å². The van der Waals surface area contributed by atoms with Gasteiger partial charge < -0.3 is 4.90 Å². The van der Waals surface area contributed by atoms with Crippen LogP contribution < -0.4 is 4.90 Å². The van der Waals surface area contributed by atoms with Crippen molar-refractivity contribution in [2.75, 3.05) is 4.90 Å². The molecule has 0 spiro atoms. The average molecular weight is 420 g/mol. The minimum absolute atomic E-state index is 0.140. The molecule has 1 fully saturated rings. The topological polar surface area (TPSA) is 101 Å². The lowest BCUT2D eigenvalue weighted by Gasteiger charge is -2.41. The standard InChI is InChI=1S/C20H21N9S/c1-3-14-19-27-24-10-28(19)15-9-22-17(25-18(15)29(14)11(2)12-4-5-12)13-8-23-26-16(13)20-21-6-7-30-20/h6-12,14H,3-5H2,1-2H3,(H,23,26). The highest BCUT2D eigenvalue weighted by atomic mass is 32.1. The quantitative estimate of drug-likeness (QED) is 0.527. The van der Waals surface area contributed by atoms with Gasteiger partial charge in [0.2, 0.25) is 0 Å². The maximum atomic E-state index is 5.07. The molecule has 4 aromatic heterocycles. The Morgan fingerprint density at radius 3 is 2.93 bits per heavy atom. The summed E-state index contributed by atoms with van der Waals surface area (Å²) >= 11 is 1.56. The summed E-state index contributed by atoms with van der Waals surface area (Å²) in [5.74, 6) is 3.23. The molecule has 0 radical (unpaired) electrons. The average Bonchev–Trinajstić information content (AvgIpc) is 3.18. The monoisotopic (exact) mass is 419 g/mol. The van der Waals surface area contributed by atoms with Gasteiger partial charge >= 0.3 is 0 Å². The Balaban J connectivity index is 1.52. The number of aromatic nitrogens is 8. The smallest absolute Gasteiger partial charge is 0.165 e.